The highest BCUT2D eigenvalue weighted by atomic mass is 32.1. The molecule has 0 aliphatic heterocycles. The third kappa shape index (κ3) is 3.01. The molecule has 1 aromatic heterocycles. The van der Waals surface area contributed by atoms with Gasteiger partial charge in [-0.25, -0.2) is 13.2 Å². The lowest BCUT2D eigenvalue weighted by molar-refractivity contribution is 0.0753. The van der Waals surface area contributed by atoms with E-state index in [-0.39, 0.29) is 5.56 Å². The number of benzene rings is 1. The maximum atomic E-state index is 13.2. The summed E-state index contributed by atoms with van der Waals surface area (Å²) in [5.41, 5.74) is -0.195. The summed E-state index contributed by atoms with van der Waals surface area (Å²) in [4.78, 5) is 14.6. The van der Waals surface area contributed by atoms with Crippen LogP contribution in [0, 0.1) is 17.5 Å². The van der Waals surface area contributed by atoms with Crippen molar-refractivity contribution in [3.05, 3.63) is 57.5 Å². The Morgan fingerprint density at radius 3 is 2.40 bits per heavy atom. The van der Waals surface area contributed by atoms with Crippen LogP contribution < -0.4 is 0 Å². The van der Waals surface area contributed by atoms with Crippen LogP contribution in [0.1, 0.15) is 22.2 Å². The summed E-state index contributed by atoms with van der Waals surface area (Å²) >= 11 is 1.49. The highest BCUT2D eigenvalue weighted by Crippen LogP contribution is 2.18. The Labute approximate surface area is 118 Å². The molecule has 0 aliphatic carbocycles. The van der Waals surface area contributed by atoms with Gasteiger partial charge in [0.25, 0.3) is 5.91 Å². The van der Waals surface area contributed by atoms with E-state index >= 15 is 0 Å². The van der Waals surface area contributed by atoms with Crippen molar-refractivity contribution >= 4 is 17.2 Å². The maximum absolute atomic E-state index is 13.2. The molecule has 106 valence electrons. The van der Waals surface area contributed by atoms with E-state index in [0.717, 1.165) is 17.0 Å². The summed E-state index contributed by atoms with van der Waals surface area (Å²) in [6, 6.07) is 5.16. The Balaban J connectivity index is 2.24. The van der Waals surface area contributed by atoms with Crippen LogP contribution in [0.4, 0.5) is 13.2 Å². The number of hydrogen-bond acceptors (Lipinski definition) is 2. The molecule has 1 heterocycles. The van der Waals surface area contributed by atoms with Gasteiger partial charge in [-0.05, 0) is 30.5 Å². The number of rotatable bonds is 4. The lowest BCUT2D eigenvalue weighted by Crippen LogP contribution is -2.30. The Morgan fingerprint density at radius 2 is 1.90 bits per heavy atom. The predicted molar refractivity (Wildman–Crippen MR) is 71.0 cm³/mol. The van der Waals surface area contributed by atoms with Crippen molar-refractivity contribution in [2.75, 3.05) is 6.54 Å². The van der Waals surface area contributed by atoms with Gasteiger partial charge in [0, 0.05) is 17.0 Å². The second-order valence-electron chi connectivity index (χ2n) is 4.15. The van der Waals surface area contributed by atoms with Gasteiger partial charge in [-0.2, -0.15) is 0 Å². The predicted octanol–water partition coefficient (Wildman–Crippen LogP) is 3.83. The summed E-state index contributed by atoms with van der Waals surface area (Å²) in [5.74, 6) is -4.82. The molecule has 20 heavy (non-hydrogen) atoms. The van der Waals surface area contributed by atoms with Crippen molar-refractivity contribution in [2.24, 2.45) is 0 Å². The Bertz CT molecular complexity index is 590. The minimum absolute atomic E-state index is 0.195. The van der Waals surface area contributed by atoms with Crippen LogP contribution in [0.5, 0.6) is 0 Å². The van der Waals surface area contributed by atoms with E-state index < -0.39 is 23.4 Å². The standard InChI is InChI=1S/C14H12F3NOS/c1-2-18(8-10-4-3-5-20-10)14(19)9-6-11(15)13(17)12(16)7-9/h3-7H,2,8H2,1H3. The van der Waals surface area contributed by atoms with E-state index in [1.807, 2.05) is 17.5 Å². The third-order valence-corrected chi connectivity index (χ3v) is 3.69. The van der Waals surface area contributed by atoms with Crippen LogP contribution >= 0.6 is 11.3 Å². The van der Waals surface area contributed by atoms with E-state index in [9.17, 15) is 18.0 Å². The van der Waals surface area contributed by atoms with Crippen molar-refractivity contribution in [1.82, 2.24) is 4.90 Å². The minimum atomic E-state index is -1.57. The molecular weight excluding hydrogens is 287 g/mol. The van der Waals surface area contributed by atoms with E-state index in [1.54, 1.807) is 6.92 Å². The van der Waals surface area contributed by atoms with Crippen LogP contribution in [0.3, 0.4) is 0 Å². The van der Waals surface area contributed by atoms with E-state index in [2.05, 4.69) is 0 Å². The van der Waals surface area contributed by atoms with Gasteiger partial charge < -0.3 is 4.90 Å². The molecule has 0 saturated carbocycles. The summed E-state index contributed by atoms with van der Waals surface area (Å²) in [7, 11) is 0. The van der Waals surface area contributed by atoms with Gasteiger partial charge in [-0.15, -0.1) is 11.3 Å². The molecule has 0 unspecified atom stereocenters. The Hall–Kier alpha value is -1.82. The summed E-state index contributed by atoms with van der Waals surface area (Å²) < 4.78 is 39.2. The second kappa shape index (κ2) is 6.09. The van der Waals surface area contributed by atoms with Gasteiger partial charge in [0.2, 0.25) is 0 Å². The average molecular weight is 299 g/mol. The Kier molecular flexibility index (Phi) is 4.44. The number of hydrogen-bond donors (Lipinski definition) is 0. The number of thiophene rings is 1. The highest BCUT2D eigenvalue weighted by Gasteiger charge is 2.19. The topological polar surface area (TPSA) is 20.3 Å². The molecule has 2 nitrogen and oxygen atoms in total. The molecule has 1 amide bonds. The van der Waals surface area contributed by atoms with Crippen molar-refractivity contribution in [3.63, 3.8) is 0 Å². The summed E-state index contributed by atoms with van der Waals surface area (Å²) in [5, 5.41) is 1.88. The lowest BCUT2D eigenvalue weighted by atomic mass is 10.1. The zero-order chi connectivity index (χ0) is 14.7. The molecule has 0 aliphatic rings. The number of halogens is 3. The van der Waals surface area contributed by atoms with Crippen molar-refractivity contribution < 1.29 is 18.0 Å². The maximum Gasteiger partial charge on any atom is 0.254 e. The molecule has 0 atom stereocenters. The van der Waals surface area contributed by atoms with Crippen LogP contribution in [0.25, 0.3) is 0 Å². The smallest absolute Gasteiger partial charge is 0.254 e. The second-order valence-corrected chi connectivity index (χ2v) is 5.18. The molecule has 0 fully saturated rings. The van der Waals surface area contributed by atoms with Gasteiger partial charge in [0.15, 0.2) is 17.5 Å². The summed E-state index contributed by atoms with van der Waals surface area (Å²) in [6.45, 7) is 2.51. The zero-order valence-electron chi connectivity index (χ0n) is 10.7. The van der Waals surface area contributed by atoms with Crippen molar-refractivity contribution in [3.8, 4) is 0 Å². The van der Waals surface area contributed by atoms with Crippen molar-refractivity contribution in [2.45, 2.75) is 13.5 Å². The monoisotopic (exact) mass is 299 g/mol. The molecule has 0 bridgehead atoms. The molecule has 0 N–H and O–H groups in total. The number of carbonyl (C=O) groups is 1. The fourth-order valence-electron chi connectivity index (χ4n) is 1.78. The number of carbonyl (C=O) groups excluding carboxylic acids is 1. The van der Waals surface area contributed by atoms with Crippen molar-refractivity contribution in [1.29, 1.82) is 0 Å². The largest absolute Gasteiger partial charge is 0.334 e. The van der Waals surface area contributed by atoms with Gasteiger partial charge in [0.1, 0.15) is 0 Å². The Morgan fingerprint density at radius 1 is 1.25 bits per heavy atom. The SMILES string of the molecule is CCN(Cc1cccs1)C(=O)c1cc(F)c(F)c(F)c1. The van der Waals surface area contributed by atoms with Gasteiger partial charge >= 0.3 is 0 Å². The molecule has 0 spiro atoms. The zero-order valence-corrected chi connectivity index (χ0v) is 11.5. The fraction of sp³-hybridized carbons (Fsp3) is 0.214. The van der Waals surface area contributed by atoms with Gasteiger partial charge in [-0.1, -0.05) is 6.07 Å². The summed E-state index contributed by atoms with van der Waals surface area (Å²) in [6.07, 6.45) is 0. The fourth-order valence-corrected chi connectivity index (χ4v) is 2.50. The first kappa shape index (κ1) is 14.6. The molecular formula is C14H12F3NOS. The minimum Gasteiger partial charge on any atom is -0.334 e. The van der Waals surface area contributed by atoms with Gasteiger partial charge in [0.05, 0.1) is 6.54 Å². The highest BCUT2D eigenvalue weighted by molar-refractivity contribution is 7.09. The molecule has 2 rings (SSSR count). The third-order valence-electron chi connectivity index (χ3n) is 2.83. The molecule has 2 aromatic rings. The van der Waals surface area contributed by atoms with Crippen LogP contribution in [-0.4, -0.2) is 17.4 Å². The normalized spacial score (nSPS) is 10.6. The molecule has 6 heteroatoms. The lowest BCUT2D eigenvalue weighted by Gasteiger charge is -2.20. The average Bonchev–Trinajstić information content (AvgIpc) is 2.93. The first-order chi connectivity index (χ1) is 9.52. The number of amides is 1. The first-order valence-corrected chi connectivity index (χ1v) is 6.87. The molecule has 0 saturated heterocycles. The van der Waals surface area contributed by atoms with E-state index in [1.165, 1.54) is 16.2 Å². The quantitative estimate of drug-likeness (QED) is 0.786. The van der Waals surface area contributed by atoms with Gasteiger partial charge in [-0.3, -0.25) is 4.79 Å². The molecule has 1 aromatic carbocycles. The van der Waals surface area contributed by atoms with E-state index in [4.69, 9.17) is 0 Å². The van der Waals surface area contributed by atoms with Crippen LogP contribution in [0.15, 0.2) is 29.6 Å². The van der Waals surface area contributed by atoms with Crippen LogP contribution in [0.2, 0.25) is 0 Å². The van der Waals surface area contributed by atoms with Crippen LogP contribution in [-0.2, 0) is 6.54 Å². The molecule has 0 radical (unpaired) electrons. The number of nitrogens with zero attached hydrogens (tertiary/aromatic N) is 1. The first-order valence-electron chi connectivity index (χ1n) is 5.99. The van der Waals surface area contributed by atoms with E-state index in [0.29, 0.717) is 13.1 Å².